The van der Waals surface area contributed by atoms with Crippen molar-refractivity contribution in [1.29, 1.82) is 0 Å². The summed E-state index contributed by atoms with van der Waals surface area (Å²) in [4.78, 5) is 23.5. The minimum atomic E-state index is -0.209. The van der Waals surface area contributed by atoms with Crippen LogP contribution in [0.4, 0.5) is 5.69 Å². The van der Waals surface area contributed by atoms with Gasteiger partial charge >= 0.3 is 0 Å². The molecule has 1 aromatic heterocycles. The third-order valence-corrected chi connectivity index (χ3v) is 3.90. The second-order valence-corrected chi connectivity index (χ2v) is 6.15. The summed E-state index contributed by atoms with van der Waals surface area (Å²) < 4.78 is 2.60. The predicted molar refractivity (Wildman–Crippen MR) is 95.7 cm³/mol. The Kier molecular flexibility index (Phi) is 4.57. The fourth-order valence-corrected chi connectivity index (χ4v) is 2.48. The molecule has 0 radical (unpaired) electrons. The van der Waals surface area contributed by atoms with E-state index in [4.69, 9.17) is 0 Å². The Balaban J connectivity index is 1.72. The quantitative estimate of drug-likeness (QED) is 0.690. The molecule has 3 aromatic rings. The van der Waals surface area contributed by atoms with Crippen LogP contribution < -0.4 is 5.32 Å². The molecule has 0 aliphatic rings. The number of halogens is 1. The maximum Gasteiger partial charge on any atom is 0.255 e. The van der Waals surface area contributed by atoms with Gasteiger partial charge in [-0.25, -0.2) is 4.68 Å². The van der Waals surface area contributed by atoms with Gasteiger partial charge in [-0.2, -0.15) is 5.10 Å². The molecule has 1 N–H and O–H groups in total. The number of hydrogen-bond acceptors (Lipinski definition) is 3. The number of aromatic nitrogens is 2. The van der Waals surface area contributed by atoms with Crippen LogP contribution in [0.15, 0.2) is 65.4 Å². The average Bonchev–Trinajstić information content (AvgIpc) is 3.02. The van der Waals surface area contributed by atoms with Gasteiger partial charge in [-0.15, -0.1) is 0 Å². The van der Waals surface area contributed by atoms with E-state index in [2.05, 4.69) is 26.3 Å². The molecule has 5 nitrogen and oxygen atoms in total. The van der Waals surface area contributed by atoms with Gasteiger partial charge in [-0.1, -0.05) is 0 Å². The van der Waals surface area contributed by atoms with E-state index in [0.717, 1.165) is 10.2 Å². The zero-order chi connectivity index (χ0) is 17.1. The topological polar surface area (TPSA) is 64.0 Å². The van der Waals surface area contributed by atoms with Crippen molar-refractivity contribution in [3.8, 4) is 5.69 Å². The number of Topliss-reactive ketones (excluding diaryl/α,β-unsaturated/α-hetero) is 1. The summed E-state index contributed by atoms with van der Waals surface area (Å²) in [6, 6.07) is 13.9. The number of benzene rings is 2. The lowest BCUT2D eigenvalue weighted by Crippen LogP contribution is -2.12. The largest absolute Gasteiger partial charge is 0.322 e. The third-order valence-electron chi connectivity index (χ3n) is 3.49. The molecule has 24 heavy (non-hydrogen) atoms. The summed E-state index contributed by atoms with van der Waals surface area (Å²) in [6.45, 7) is 1.51. The van der Waals surface area contributed by atoms with Crippen LogP contribution >= 0.6 is 15.9 Å². The molecule has 1 amide bonds. The molecule has 0 aliphatic heterocycles. The number of carbonyl (C=O) groups is 2. The van der Waals surface area contributed by atoms with Crippen LogP contribution in [-0.2, 0) is 0 Å². The van der Waals surface area contributed by atoms with E-state index in [0.29, 0.717) is 16.8 Å². The predicted octanol–water partition coefficient (Wildman–Crippen LogP) is 4.09. The van der Waals surface area contributed by atoms with Crippen LogP contribution in [0.1, 0.15) is 27.6 Å². The minimum Gasteiger partial charge on any atom is -0.322 e. The van der Waals surface area contributed by atoms with Crippen LogP contribution in [-0.4, -0.2) is 21.5 Å². The van der Waals surface area contributed by atoms with Gasteiger partial charge < -0.3 is 5.32 Å². The van der Waals surface area contributed by atoms with Crippen molar-refractivity contribution in [2.45, 2.75) is 6.92 Å². The first-order valence-corrected chi connectivity index (χ1v) is 8.05. The van der Waals surface area contributed by atoms with Crippen LogP contribution in [0.25, 0.3) is 5.69 Å². The summed E-state index contributed by atoms with van der Waals surface area (Å²) in [5.41, 5.74) is 2.66. The first-order chi connectivity index (χ1) is 11.5. The van der Waals surface area contributed by atoms with Crippen molar-refractivity contribution >= 4 is 33.3 Å². The van der Waals surface area contributed by atoms with E-state index in [-0.39, 0.29) is 11.7 Å². The fraction of sp³-hybridized carbons (Fsp3) is 0.0556. The van der Waals surface area contributed by atoms with E-state index >= 15 is 0 Å². The standard InChI is InChI=1S/C18H14BrN3O2/c1-12(23)13-2-6-16(7-3-13)21-18(24)14-4-8-17(9-5-14)22-11-15(19)10-20-22/h2-11H,1H3,(H,21,24). The van der Waals surface area contributed by atoms with E-state index in [9.17, 15) is 9.59 Å². The van der Waals surface area contributed by atoms with Gasteiger partial charge in [0, 0.05) is 23.0 Å². The Morgan fingerprint density at radius 2 is 1.62 bits per heavy atom. The Labute approximate surface area is 147 Å². The molecule has 0 bridgehead atoms. The number of nitrogens with zero attached hydrogens (tertiary/aromatic N) is 2. The summed E-state index contributed by atoms with van der Waals surface area (Å²) in [5.74, 6) is -0.215. The lowest BCUT2D eigenvalue weighted by molar-refractivity contribution is 0.101. The number of carbonyl (C=O) groups excluding carboxylic acids is 2. The van der Waals surface area contributed by atoms with Gasteiger partial charge in [0.25, 0.3) is 5.91 Å². The molecule has 0 saturated carbocycles. The Bertz CT molecular complexity index is 883. The SMILES string of the molecule is CC(=O)c1ccc(NC(=O)c2ccc(-n3cc(Br)cn3)cc2)cc1. The number of amides is 1. The highest BCUT2D eigenvalue weighted by Gasteiger charge is 2.07. The molecule has 120 valence electrons. The van der Waals surface area contributed by atoms with Gasteiger partial charge in [0.15, 0.2) is 5.78 Å². The highest BCUT2D eigenvalue weighted by molar-refractivity contribution is 9.10. The molecule has 3 rings (SSSR count). The highest BCUT2D eigenvalue weighted by Crippen LogP contribution is 2.15. The summed E-state index contributed by atoms with van der Waals surface area (Å²) in [7, 11) is 0. The van der Waals surface area contributed by atoms with E-state index in [1.165, 1.54) is 6.92 Å². The summed E-state index contributed by atoms with van der Waals surface area (Å²) in [6.07, 6.45) is 3.54. The molecule has 1 heterocycles. The Morgan fingerprint density at radius 3 is 2.17 bits per heavy atom. The number of nitrogens with one attached hydrogen (secondary N) is 1. The molecular weight excluding hydrogens is 370 g/mol. The van der Waals surface area contributed by atoms with Crippen LogP contribution in [0.3, 0.4) is 0 Å². The normalized spacial score (nSPS) is 10.4. The lowest BCUT2D eigenvalue weighted by Gasteiger charge is -2.07. The molecule has 0 spiro atoms. The third kappa shape index (κ3) is 3.60. The van der Waals surface area contributed by atoms with Crippen molar-refractivity contribution in [2.75, 3.05) is 5.32 Å². The van der Waals surface area contributed by atoms with Crippen molar-refractivity contribution in [3.63, 3.8) is 0 Å². The fourth-order valence-electron chi connectivity index (χ4n) is 2.20. The maximum atomic E-state index is 12.3. The van der Waals surface area contributed by atoms with Gasteiger partial charge in [-0.3, -0.25) is 9.59 Å². The van der Waals surface area contributed by atoms with Crippen molar-refractivity contribution in [3.05, 3.63) is 76.5 Å². The van der Waals surface area contributed by atoms with Crippen molar-refractivity contribution < 1.29 is 9.59 Å². The van der Waals surface area contributed by atoms with E-state index < -0.39 is 0 Å². The lowest BCUT2D eigenvalue weighted by atomic mass is 10.1. The number of rotatable bonds is 4. The van der Waals surface area contributed by atoms with E-state index in [1.807, 2.05) is 18.3 Å². The molecule has 2 aromatic carbocycles. The number of hydrogen-bond donors (Lipinski definition) is 1. The van der Waals surface area contributed by atoms with Gasteiger partial charge in [-0.05, 0) is 71.4 Å². The van der Waals surface area contributed by atoms with Crippen molar-refractivity contribution in [1.82, 2.24) is 9.78 Å². The first kappa shape index (κ1) is 16.1. The van der Waals surface area contributed by atoms with Crippen molar-refractivity contribution in [2.24, 2.45) is 0 Å². The maximum absolute atomic E-state index is 12.3. The second kappa shape index (κ2) is 6.80. The molecule has 6 heteroatoms. The van der Waals surface area contributed by atoms with Gasteiger partial charge in [0.1, 0.15) is 0 Å². The Morgan fingerprint density at radius 1 is 1.00 bits per heavy atom. The summed E-state index contributed by atoms with van der Waals surface area (Å²) in [5, 5.41) is 7.00. The highest BCUT2D eigenvalue weighted by atomic mass is 79.9. The molecule has 0 saturated heterocycles. The van der Waals surface area contributed by atoms with Crippen LogP contribution in [0.5, 0.6) is 0 Å². The minimum absolute atomic E-state index is 0.00581. The zero-order valence-electron chi connectivity index (χ0n) is 12.9. The number of ketones is 1. The number of anilines is 1. The molecule has 0 unspecified atom stereocenters. The average molecular weight is 384 g/mol. The van der Waals surface area contributed by atoms with Crippen LogP contribution in [0.2, 0.25) is 0 Å². The molecule has 0 fully saturated rings. The monoisotopic (exact) mass is 383 g/mol. The molecule has 0 aliphatic carbocycles. The van der Waals surface area contributed by atoms with Gasteiger partial charge in [0.2, 0.25) is 0 Å². The smallest absolute Gasteiger partial charge is 0.255 e. The van der Waals surface area contributed by atoms with E-state index in [1.54, 1.807) is 47.3 Å². The van der Waals surface area contributed by atoms with Gasteiger partial charge in [0.05, 0.1) is 16.4 Å². The van der Waals surface area contributed by atoms with Crippen LogP contribution in [0, 0.1) is 0 Å². The molecular formula is C18H14BrN3O2. The first-order valence-electron chi connectivity index (χ1n) is 7.26. The second-order valence-electron chi connectivity index (χ2n) is 5.24. The molecule has 0 atom stereocenters. The zero-order valence-corrected chi connectivity index (χ0v) is 14.4. The summed E-state index contributed by atoms with van der Waals surface area (Å²) >= 11 is 3.35. The Hall–Kier alpha value is -2.73.